The molecule has 1 aliphatic rings. The third-order valence-corrected chi connectivity index (χ3v) is 5.93. The van der Waals surface area contributed by atoms with Crippen LogP contribution in [0.3, 0.4) is 0 Å². The minimum absolute atomic E-state index is 0.192. The van der Waals surface area contributed by atoms with Crippen LogP contribution < -0.4 is 10.6 Å². The number of rotatable bonds is 4. The summed E-state index contributed by atoms with van der Waals surface area (Å²) in [6.45, 7) is 1.84. The van der Waals surface area contributed by atoms with Crippen LogP contribution in [-0.2, 0) is 0 Å². The van der Waals surface area contributed by atoms with Gasteiger partial charge in [0.25, 0.3) is 11.8 Å². The number of halogens is 1. The topological polar surface area (TPSA) is 71.3 Å². The number of amides is 2. The molecule has 2 amide bonds. The summed E-state index contributed by atoms with van der Waals surface area (Å²) < 4.78 is 18.8. The fourth-order valence-corrected chi connectivity index (χ4v) is 4.35. The molecule has 0 saturated heterocycles. The highest BCUT2D eigenvalue weighted by molar-refractivity contribution is 7.99. The van der Waals surface area contributed by atoms with Gasteiger partial charge in [-0.25, -0.2) is 4.39 Å². The Labute approximate surface area is 171 Å². The van der Waals surface area contributed by atoms with Crippen molar-refractivity contribution in [1.82, 2.24) is 5.32 Å². The first kappa shape index (κ1) is 19.3. The van der Waals surface area contributed by atoms with E-state index in [-0.39, 0.29) is 29.4 Å². The maximum absolute atomic E-state index is 13.7. The van der Waals surface area contributed by atoms with Gasteiger partial charge in [0.05, 0.1) is 12.3 Å². The average molecular weight is 410 g/mol. The van der Waals surface area contributed by atoms with Gasteiger partial charge in [-0.05, 0) is 66.9 Å². The van der Waals surface area contributed by atoms with Crippen molar-refractivity contribution < 1.29 is 18.4 Å². The standard InChI is InChI=1S/C22H19FN2O3S/c1-13-4-5-14(11-18(13)25-22(27)19-3-2-9-28-19)21(26)24-17-8-10-29-20-7-6-15(23)12-16(17)20/h2-7,9,11-12,17H,8,10H2,1H3,(H,24,26)(H,25,27)/t17-/m1/s1. The quantitative estimate of drug-likeness (QED) is 0.639. The Morgan fingerprint density at radius 2 is 2.00 bits per heavy atom. The van der Waals surface area contributed by atoms with Crippen molar-refractivity contribution in [2.45, 2.75) is 24.3 Å². The molecule has 148 valence electrons. The van der Waals surface area contributed by atoms with Crippen molar-refractivity contribution in [2.24, 2.45) is 0 Å². The first-order chi connectivity index (χ1) is 14.0. The first-order valence-electron chi connectivity index (χ1n) is 9.20. The minimum atomic E-state index is -0.385. The van der Waals surface area contributed by atoms with Gasteiger partial charge in [-0.2, -0.15) is 0 Å². The zero-order chi connectivity index (χ0) is 20.4. The molecule has 5 nitrogen and oxygen atoms in total. The van der Waals surface area contributed by atoms with Crippen molar-refractivity contribution >= 4 is 29.3 Å². The Hall–Kier alpha value is -3.06. The summed E-state index contributed by atoms with van der Waals surface area (Å²) in [6.07, 6.45) is 2.15. The summed E-state index contributed by atoms with van der Waals surface area (Å²) in [5.74, 6) is 0.0680. The summed E-state index contributed by atoms with van der Waals surface area (Å²) in [5, 5.41) is 5.76. The highest BCUT2D eigenvalue weighted by Crippen LogP contribution is 2.36. The van der Waals surface area contributed by atoms with E-state index in [0.717, 1.165) is 28.2 Å². The van der Waals surface area contributed by atoms with E-state index in [2.05, 4.69) is 10.6 Å². The van der Waals surface area contributed by atoms with E-state index in [1.807, 2.05) is 6.92 Å². The van der Waals surface area contributed by atoms with Gasteiger partial charge in [-0.1, -0.05) is 6.07 Å². The van der Waals surface area contributed by atoms with Crippen molar-refractivity contribution in [2.75, 3.05) is 11.1 Å². The predicted octanol–water partition coefficient (Wildman–Crippen LogP) is 4.95. The van der Waals surface area contributed by atoms with Gasteiger partial charge in [0.1, 0.15) is 5.82 Å². The maximum atomic E-state index is 13.7. The van der Waals surface area contributed by atoms with Gasteiger partial charge in [0.15, 0.2) is 5.76 Å². The molecule has 0 saturated carbocycles. The highest BCUT2D eigenvalue weighted by Gasteiger charge is 2.23. The van der Waals surface area contributed by atoms with Crippen LogP contribution in [0.4, 0.5) is 10.1 Å². The Balaban J connectivity index is 1.53. The molecule has 0 radical (unpaired) electrons. The third-order valence-electron chi connectivity index (χ3n) is 4.81. The number of hydrogen-bond donors (Lipinski definition) is 2. The van der Waals surface area contributed by atoms with E-state index in [1.165, 1.54) is 18.4 Å². The van der Waals surface area contributed by atoms with Crippen LogP contribution in [0.5, 0.6) is 0 Å². The van der Waals surface area contributed by atoms with E-state index < -0.39 is 0 Å². The molecule has 0 aliphatic carbocycles. The number of hydrogen-bond acceptors (Lipinski definition) is 4. The lowest BCUT2D eigenvalue weighted by Crippen LogP contribution is -2.30. The maximum Gasteiger partial charge on any atom is 0.291 e. The SMILES string of the molecule is Cc1ccc(C(=O)N[C@@H]2CCSc3ccc(F)cc32)cc1NC(=O)c1ccco1. The average Bonchev–Trinajstić information content (AvgIpc) is 3.25. The van der Waals surface area contributed by atoms with Crippen LogP contribution >= 0.6 is 11.8 Å². The Kier molecular flexibility index (Phi) is 5.40. The van der Waals surface area contributed by atoms with Crippen LogP contribution in [0.1, 0.15) is 44.5 Å². The summed E-state index contributed by atoms with van der Waals surface area (Å²) in [7, 11) is 0. The zero-order valence-electron chi connectivity index (χ0n) is 15.7. The van der Waals surface area contributed by atoms with Crippen LogP contribution in [-0.4, -0.2) is 17.6 Å². The Bertz CT molecular complexity index is 1070. The summed E-state index contributed by atoms with van der Waals surface area (Å²) in [4.78, 5) is 26.1. The van der Waals surface area contributed by atoms with E-state index in [1.54, 1.807) is 48.2 Å². The van der Waals surface area contributed by atoms with Gasteiger partial charge in [-0.15, -0.1) is 11.8 Å². The second-order valence-electron chi connectivity index (χ2n) is 6.81. The van der Waals surface area contributed by atoms with E-state index in [9.17, 15) is 14.0 Å². The molecule has 2 aromatic carbocycles. The summed E-state index contributed by atoms with van der Waals surface area (Å²) >= 11 is 1.66. The predicted molar refractivity (Wildman–Crippen MR) is 110 cm³/mol. The fraction of sp³-hybridized carbons (Fsp3) is 0.182. The molecule has 0 spiro atoms. The third kappa shape index (κ3) is 4.19. The van der Waals surface area contributed by atoms with E-state index in [0.29, 0.717) is 11.3 Å². The molecule has 0 fully saturated rings. The lowest BCUT2D eigenvalue weighted by molar-refractivity contribution is 0.0933. The fourth-order valence-electron chi connectivity index (χ4n) is 3.25. The number of furan rings is 1. The molecule has 1 aliphatic heterocycles. The molecule has 1 atom stereocenters. The molecule has 4 rings (SSSR count). The lowest BCUT2D eigenvalue weighted by atomic mass is 10.0. The van der Waals surface area contributed by atoms with Gasteiger partial charge in [0.2, 0.25) is 0 Å². The molecule has 29 heavy (non-hydrogen) atoms. The van der Waals surface area contributed by atoms with Crippen molar-refractivity contribution in [3.8, 4) is 0 Å². The molecular weight excluding hydrogens is 391 g/mol. The number of aryl methyl sites for hydroxylation is 1. The molecule has 2 heterocycles. The molecular formula is C22H19FN2O3S. The molecule has 7 heteroatoms. The monoisotopic (exact) mass is 410 g/mol. The smallest absolute Gasteiger partial charge is 0.291 e. The number of carbonyl (C=O) groups is 2. The number of benzene rings is 2. The van der Waals surface area contributed by atoms with Crippen molar-refractivity contribution in [1.29, 1.82) is 0 Å². The van der Waals surface area contributed by atoms with Crippen LogP contribution in [0, 0.1) is 12.7 Å². The second-order valence-corrected chi connectivity index (χ2v) is 7.94. The van der Waals surface area contributed by atoms with Gasteiger partial charge >= 0.3 is 0 Å². The first-order valence-corrected chi connectivity index (χ1v) is 10.2. The van der Waals surface area contributed by atoms with Gasteiger partial charge in [0, 0.05) is 21.9 Å². The lowest BCUT2D eigenvalue weighted by Gasteiger charge is -2.26. The zero-order valence-corrected chi connectivity index (χ0v) is 16.5. The Morgan fingerprint density at radius 1 is 1.14 bits per heavy atom. The van der Waals surface area contributed by atoms with Crippen LogP contribution in [0.15, 0.2) is 64.1 Å². The summed E-state index contributed by atoms with van der Waals surface area (Å²) in [6, 6.07) is 12.7. The van der Waals surface area contributed by atoms with Crippen molar-refractivity contribution in [3.05, 3.63) is 83.1 Å². The molecule has 0 bridgehead atoms. The summed E-state index contributed by atoms with van der Waals surface area (Å²) in [5.41, 5.74) is 2.57. The van der Waals surface area contributed by atoms with Crippen molar-refractivity contribution in [3.63, 3.8) is 0 Å². The number of carbonyl (C=O) groups excluding carboxylic acids is 2. The number of thioether (sulfide) groups is 1. The van der Waals surface area contributed by atoms with Gasteiger partial charge in [-0.3, -0.25) is 9.59 Å². The molecule has 1 aromatic heterocycles. The minimum Gasteiger partial charge on any atom is -0.459 e. The van der Waals surface area contributed by atoms with E-state index >= 15 is 0 Å². The van der Waals surface area contributed by atoms with Crippen LogP contribution in [0.25, 0.3) is 0 Å². The van der Waals surface area contributed by atoms with E-state index in [4.69, 9.17) is 4.42 Å². The van der Waals surface area contributed by atoms with Gasteiger partial charge < -0.3 is 15.1 Å². The molecule has 2 N–H and O–H groups in total. The number of fused-ring (bicyclic) bond motifs is 1. The molecule has 0 unspecified atom stereocenters. The largest absolute Gasteiger partial charge is 0.459 e. The second kappa shape index (κ2) is 8.13. The normalized spacial score (nSPS) is 15.4. The number of nitrogens with one attached hydrogen (secondary N) is 2. The van der Waals surface area contributed by atoms with Crippen LogP contribution in [0.2, 0.25) is 0 Å². The highest BCUT2D eigenvalue weighted by atomic mass is 32.2. The Morgan fingerprint density at radius 3 is 2.79 bits per heavy atom. The number of anilines is 1. The molecule has 3 aromatic rings.